The molecule has 0 saturated carbocycles. The molecule has 1 atom stereocenters. The van der Waals surface area contributed by atoms with E-state index in [0.29, 0.717) is 6.54 Å². The van der Waals surface area contributed by atoms with Gasteiger partial charge in [0, 0.05) is 19.5 Å². The van der Waals surface area contributed by atoms with E-state index in [4.69, 9.17) is 0 Å². The van der Waals surface area contributed by atoms with Crippen LogP contribution in [-0.4, -0.2) is 50.5 Å². The zero-order chi connectivity index (χ0) is 28.6. The van der Waals surface area contributed by atoms with Gasteiger partial charge in [-0.3, -0.25) is 13.9 Å². The molecule has 2 amide bonds. The van der Waals surface area contributed by atoms with Gasteiger partial charge in [-0.1, -0.05) is 80.1 Å². The van der Waals surface area contributed by atoms with E-state index in [2.05, 4.69) is 5.32 Å². The lowest BCUT2D eigenvalue weighted by Gasteiger charge is -2.33. The number of sulfonamides is 1. The smallest absolute Gasteiger partial charge is 0.244 e. The number of benzene rings is 3. The Morgan fingerprint density at radius 2 is 1.59 bits per heavy atom. The van der Waals surface area contributed by atoms with Crippen LogP contribution in [0.4, 0.5) is 10.1 Å². The number of halogens is 1. The van der Waals surface area contributed by atoms with Crippen LogP contribution in [0, 0.1) is 18.7 Å². The number of carbonyl (C=O) groups is 2. The highest BCUT2D eigenvalue weighted by atomic mass is 32.2. The normalized spacial score (nSPS) is 12.2. The zero-order valence-electron chi connectivity index (χ0n) is 22.8. The number of hydrogen-bond acceptors (Lipinski definition) is 4. The fourth-order valence-electron chi connectivity index (χ4n) is 4.23. The Kier molecular flexibility index (Phi) is 10.2. The van der Waals surface area contributed by atoms with Crippen LogP contribution in [0.5, 0.6) is 0 Å². The van der Waals surface area contributed by atoms with E-state index in [1.807, 2.05) is 75.4 Å². The number of nitrogens with zero attached hydrogens (tertiary/aromatic N) is 2. The highest BCUT2D eigenvalue weighted by molar-refractivity contribution is 7.92. The number of amides is 2. The molecule has 3 aromatic rings. The summed E-state index contributed by atoms with van der Waals surface area (Å²) in [5.41, 5.74) is 2.68. The maximum atomic E-state index is 14.0. The van der Waals surface area contributed by atoms with Crippen LogP contribution in [0.15, 0.2) is 78.9 Å². The van der Waals surface area contributed by atoms with Crippen molar-refractivity contribution >= 4 is 27.5 Å². The summed E-state index contributed by atoms with van der Waals surface area (Å²) < 4.78 is 40.3. The molecule has 0 saturated heterocycles. The molecule has 0 bridgehead atoms. The zero-order valence-corrected chi connectivity index (χ0v) is 23.6. The highest BCUT2D eigenvalue weighted by Crippen LogP contribution is 2.21. The predicted molar refractivity (Wildman–Crippen MR) is 152 cm³/mol. The van der Waals surface area contributed by atoms with Gasteiger partial charge in [0.1, 0.15) is 18.4 Å². The van der Waals surface area contributed by atoms with Crippen molar-refractivity contribution in [1.82, 2.24) is 10.2 Å². The number of carbonyl (C=O) groups excluding carboxylic acids is 2. The van der Waals surface area contributed by atoms with E-state index in [1.54, 1.807) is 0 Å². The van der Waals surface area contributed by atoms with E-state index in [1.165, 1.54) is 23.1 Å². The first-order valence-corrected chi connectivity index (χ1v) is 14.7. The molecule has 208 valence electrons. The quantitative estimate of drug-likeness (QED) is 0.362. The minimum Gasteiger partial charge on any atom is -0.354 e. The Hall–Kier alpha value is -3.72. The van der Waals surface area contributed by atoms with Gasteiger partial charge in [-0.15, -0.1) is 0 Å². The second kappa shape index (κ2) is 13.4. The van der Waals surface area contributed by atoms with Crippen LogP contribution >= 0.6 is 0 Å². The molecule has 0 radical (unpaired) electrons. The highest BCUT2D eigenvalue weighted by Gasteiger charge is 2.33. The summed E-state index contributed by atoms with van der Waals surface area (Å²) in [6.45, 7) is 5.82. The summed E-state index contributed by atoms with van der Waals surface area (Å²) in [5, 5.41) is 2.94. The third kappa shape index (κ3) is 8.92. The Morgan fingerprint density at radius 1 is 0.923 bits per heavy atom. The topological polar surface area (TPSA) is 86.8 Å². The molecule has 0 fully saturated rings. The molecule has 0 aromatic heterocycles. The molecule has 0 heterocycles. The second-order valence-electron chi connectivity index (χ2n) is 10.1. The molecule has 1 N–H and O–H groups in total. The first kappa shape index (κ1) is 29.8. The van der Waals surface area contributed by atoms with Gasteiger partial charge < -0.3 is 10.2 Å². The number of anilines is 1. The van der Waals surface area contributed by atoms with Gasteiger partial charge in [0.2, 0.25) is 21.8 Å². The maximum absolute atomic E-state index is 14.0. The molecule has 0 aliphatic carbocycles. The van der Waals surface area contributed by atoms with Gasteiger partial charge in [-0.05, 0) is 42.2 Å². The fraction of sp³-hybridized carbons (Fsp3) is 0.333. The predicted octanol–water partition coefficient (Wildman–Crippen LogP) is 4.31. The lowest BCUT2D eigenvalue weighted by molar-refractivity contribution is -0.140. The fourth-order valence-corrected chi connectivity index (χ4v) is 5.07. The van der Waals surface area contributed by atoms with Crippen molar-refractivity contribution in [1.29, 1.82) is 0 Å². The lowest BCUT2D eigenvalue weighted by Crippen LogP contribution is -2.53. The van der Waals surface area contributed by atoms with E-state index >= 15 is 0 Å². The Labute approximate surface area is 230 Å². The molecule has 0 spiro atoms. The summed E-state index contributed by atoms with van der Waals surface area (Å²) in [4.78, 5) is 29.0. The first-order chi connectivity index (χ1) is 18.4. The minimum absolute atomic E-state index is 0.0326. The van der Waals surface area contributed by atoms with Crippen molar-refractivity contribution in [3.05, 3.63) is 101 Å². The van der Waals surface area contributed by atoms with Gasteiger partial charge in [-0.2, -0.15) is 0 Å². The molecule has 3 rings (SSSR count). The van der Waals surface area contributed by atoms with Crippen molar-refractivity contribution in [2.45, 2.75) is 39.8 Å². The average molecular weight is 554 g/mol. The summed E-state index contributed by atoms with van der Waals surface area (Å²) in [6.07, 6.45) is 1.20. The van der Waals surface area contributed by atoms with E-state index in [0.717, 1.165) is 33.3 Å². The molecule has 7 nitrogen and oxygen atoms in total. The van der Waals surface area contributed by atoms with Crippen molar-refractivity contribution in [3.63, 3.8) is 0 Å². The van der Waals surface area contributed by atoms with Crippen molar-refractivity contribution in [3.8, 4) is 0 Å². The van der Waals surface area contributed by atoms with Crippen molar-refractivity contribution < 1.29 is 22.4 Å². The second-order valence-corrected chi connectivity index (χ2v) is 12.0. The van der Waals surface area contributed by atoms with Crippen LogP contribution in [0.2, 0.25) is 0 Å². The molecule has 0 aliphatic rings. The van der Waals surface area contributed by atoms with E-state index in [9.17, 15) is 22.4 Å². The number of aryl methyl sites for hydroxylation is 1. The lowest BCUT2D eigenvalue weighted by atomic mass is 10.0. The maximum Gasteiger partial charge on any atom is 0.244 e. The van der Waals surface area contributed by atoms with Crippen LogP contribution in [0.1, 0.15) is 30.5 Å². The number of rotatable bonds is 12. The third-order valence-electron chi connectivity index (χ3n) is 6.17. The Morgan fingerprint density at radius 3 is 2.21 bits per heavy atom. The molecule has 3 aromatic carbocycles. The minimum atomic E-state index is -3.95. The van der Waals surface area contributed by atoms with Crippen LogP contribution in [-0.2, 0) is 32.6 Å². The first-order valence-electron chi connectivity index (χ1n) is 12.8. The monoisotopic (exact) mass is 553 g/mol. The third-order valence-corrected chi connectivity index (χ3v) is 7.31. The molecule has 0 unspecified atom stereocenters. The van der Waals surface area contributed by atoms with Gasteiger partial charge >= 0.3 is 0 Å². The average Bonchev–Trinajstić information content (AvgIpc) is 2.87. The van der Waals surface area contributed by atoms with Crippen molar-refractivity contribution in [2.24, 2.45) is 5.92 Å². The molecule has 0 aliphatic heterocycles. The molecule has 39 heavy (non-hydrogen) atoms. The summed E-state index contributed by atoms with van der Waals surface area (Å²) in [6, 6.07) is 21.1. The largest absolute Gasteiger partial charge is 0.354 e. The molecule has 9 heteroatoms. The van der Waals surface area contributed by atoms with E-state index in [-0.39, 0.29) is 30.5 Å². The number of nitrogens with one attached hydrogen (secondary N) is 1. The van der Waals surface area contributed by atoms with Crippen molar-refractivity contribution in [2.75, 3.05) is 23.7 Å². The Bertz CT molecular complexity index is 1380. The van der Waals surface area contributed by atoms with Crippen LogP contribution in [0.3, 0.4) is 0 Å². The van der Waals surface area contributed by atoms with Gasteiger partial charge in [-0.25, -0.2) is 12.8 Å². The standard InChI is InChI=1S/C30H36FN3O4S/c1-22(2)19-32-30(36)28(17-24-11-6-5-7-12-24)33(20-25-13-8-10-23(3)16-25)29(35)21-34(39(4,37)38)27-15-9-14-26(31)18-27/h5-16,18,22,28H,17,19-21H2,1-4H3,(H,32,36)/t28-/m1/s1. The van der Waals surface area contributed by atoms with Crippen LogP contribution in [0.25, 0.3) is 0 Å². The summed E-state index contributed by atoms with van der Waals surface area (Å²) in [5.74, 6) is -1.33. The molecular formula is C30H36FN3O4S. The number of hydrogen-bond donors (Lipinski definition) is 1. The van der Waals surface area contributed by atoms with Gasteiger partial charge in [0.25, 0.3) is 0 Å². The Balaban J connectivity index is 2.05. The summed E-state index contributed by atoms with van der Waals surface area (Å²) >= 11 is 0. The SMILES string of the molecule is Cc1cccc(CN(C(=O)CN(c2cccc(F)c2)S(C)(=O)=O)[C@H](Cc2ccccc2)C(=O)NCC(C)C)c1. The molecular weight excluding hydrogens is 517 g/mol. The van der Waals surface area contributed by atoms with Gasteiger partial charge in [0.15, 0.2) is 0 Å². The van der Waals surface area contributed by atoms with E-state index < -0.39 is 34.3 Å². The van der Waals surface area contributed by atoms with Crippen LogP contribution < -0.4 is 9.62 Å². The van der Waals surface area contributed by atoms with Gasteiger partial charge in [0.05, 0.1) is 11.9 Å². The summed E-state index contributed by atoms with van der Waals surface area (Å²) in [7, 11) is -3.95.